The molecule has 0 fully saturated rings. The molecule has 0 N–H and O–H groups in total. The van der Waals surface area contributed by atoms with Crippen LogP contribution in [0.5, 0.6) is 0 Å². The molecule has 2 aromatic carbocycles. The number of para-hydroxylation sites is 1. The van der Waals surface area contributed by atoms with E-state index in [4.69, 9.17) is 11.6 Å². The molecule has 0 atom stereocenters. The fraction of sp³-hybridized carbons (Fsp3) is 0.0667. The molecule has 0 aliphatic rings. The van der Waals surface area contributed by atoms with Crippen LogP contribution in [-0.4, -0.2) is 15.4 Å². The van der Waals surface area contributed by atoms with Gasteiger partial charge >= 0.3 is 0 Å². The van der Waals surface area contributed by atoms with Gasteiger partial charge in [0.1, 0.15) is 5.56 Å². The second-order valence-electron chi connectivity index (χ2n) is 4.75. The highest BCUT2D eigenvalue weighted by atomic mass is 35.5. The average Bonchev–Trinajstić information content (AvgIpc) is 2.82. The number of nitrogens with zero attached hydrogens (tertiary/aromatic N) is 3. The van der Waals surface area contributed by atoms with Crippen LogP contribution in [0.3, 0.4) is 0 Å². The van der Waals surface area contributed by atoms with E-state index in [1.54, 1.807) is 29.8 Å². The predicted molar refractivity (Wildman–Crippen MR) is 88.8 cm³/mol. The molecule has 1 amide bonds. The van der Waals surface area contributed by atoms with Crippen LogP contribution in [0.15, 0.2) is 47.5 Å². The van der Waals surface area contributed by atoms with Gasteiger partial charge in [-0.3, -0.25) is 14.9 Å². The number of fused-ring (bicyclic) bond motifs is 1. The van der Waals surface area contributed by atoms with Crippen LogP contribution in [0, 0.1) is 10.1 Å². The van der Waals surface area contributed by atoms with Crippen molar-refractivity contribution in [3.63, 3.8) is 0 Å². The molecule has 0 aliphatic carbocycles. The number of aromatic nitrogens is 1. The zero-order chi connectivity index (χ0) is 16.6. The molecule has 3 rings (SSSR count). The Morgan fingerprint density at radius 3 is 2.78 bits per heavy atom. The summed E-state index contributed by atoms with van der Waals surface area (Å²) in [6.07, 6.45) is 0. The van der Waals surface area contributed by atoms with E-state index in [-0.39, 0.29) is 11.3 Å². The van der Waals surface area contributed by atoms with Crippen LogP contribution in [0.4, 0.5) is 5.69 Å². The monoisotopic (exact) mass is 347 g/mol. The summed E-state index contributed by atoms with van der Waals surface area (Å²) in [6.45, 7) is 0. The molecule has 0 spiro atoms. The van der Waals surface area contributed by atoms with Gasteiger partial charge in [0.25, 0.3) is 11.6 Å². The first-order chi connectivity index (χ1) is 11.0. The van der Waals surface area contributed by atoms with Crippen molar-refractivity contribution in [2.24, 2.45) is 12.0 Å². The van der Waals surface area contributed by atoms with Crippen LogP contribution in [0.1, 0.15) is 10.4 Å². The summed E-state index contributed by atoms with van der Waals surface area (Å²) in [5.74, 6) is -0.648. The number of nitro groups is 1. The molecular formula is C15H10ClN3O3S. The van der Waals surface area contributed by atoms with Crippen LogP contribution in [-0.2, 0) is 7.05 Å². The van der Waals surface area contributed by atoms with Gasteiger partial charge in [0.15, 0.2) is 4.80 Å². The molecule has 3 aromatic rings. The van der Waals surface area contributed by atoms with E-state index in [1.807, 2.05) is 6.07 Å². The van der Waals surface area contributed by atoms with E-state index in [0.29, 0.717) is 9.82 Å². The summed E-state index contributed by atoms with van der Waals surface area (Å²) < 4.78 is 2.64. The summed E-state index contributed by atoms with van der Waals surface area (Å²) in [5.41, 5.74) is 0.592. The smallest absolute Gasteiger partial charge is 0.286 e. The predicted octanol–water partition coefficient (Wildman–Crippen LogP) is 3.54. The Bertz CT molecular complexity index is 1010. The van der Waals surface area contributed by atoms with Gasteiger partial charge in [-0.25, -0.2) is 0 Å². The van der Waals surface area contributed by atoms with Crippen LogP contribution in [0.2, 0.25) is 5.02 Å². The maximum atomic E-state index is 12.3. The van der Waals surface area contributed by atoms with Gasteiger partial charge in [-0.2, -0.15) is 4.99 Å². The number of thiazole rings is 1. The van der Waals surface area contributed by atoms with Gasteiger partial charge in [-0.15, -0.1) is 0 Å². The Balaban J connectivity index is 2.14. The molecule has 0 saturated heterocycles. The lowest BCUT2D eigenvalue weighted by Crippen LogP contribution is -2.13. The topological polar surface area (TPSA) is 77.5 Å². The highest BCUT2D eigenvalue weighted by Gasteiger charge is 2.19. The molecule has 116 valence electrons. The van der Waals surface area contributed by atoms with E-state index in [9.17, 15) is 14.9 Å². The number of aryl methyl sites for hydroxylation is 1. The van der Waals surface area contributed by atoms with Gasteiger partial charge < -0.3 is 4.57 Å². The standard InChI is InChI=1S/C15H10ClN3O3S/c1-18-12-7-6-9(16)8-13(12)23-15(18)17-14(20)10-4-2-3-5-11(10)19(21)22/h2-8H,1H3. The summed E-state index contributed by atoms with van der Waals surface area (Å²) in [5, 5.41) is 11.6. The van der Waals surface area contributed by atoms with Crippen molar-refractivity contribution in [1.29, 1.82) is 0 Å². The number of benzene rings is 2. The third-order valence-corrected chi connectivity index (χ3v) is 4.63. The molecule has 0 radical (unpaired) electrons. The SMILES string of the molecule is Cn1c(=NC(=O)c2ccccc2[N+](=O)[O-])sc2cc(Cl)ccc21. The Labute approximate surface area is 139 Å². The van der Waals surface area contributed by atoms with Gasteiger partial charge in [0.05, 0.1) is 15.1 Å². The lowest BCUT2D eigenvalue weighted by Gasteiger charge is -1.98. The minimum atomic E-state index is -0.648. The molecule has 1 aromatic heterocycles. The molecule has 8 heteroatoms. The Hall–Kier alpha value is -2.51. The average molecular weight is 348 g/mol. The second kappa shape index (κ2) is 5.94. The first kappa shape index (κ1) is 15.4. The second-order valence-corrected chi connectivity index (χ2v) is 6.19. The quantitative estimate of drug-likeness (QED) is 0.525. The molecule has 0 aliphatic heterocycles. The van der Waals surface area contributed by atoms with Gasteiger partial charge in [-0.1, -0.05) is 35.1 Å². The zero-order valence-electron chi connectivity index (χ0n) is 11.9. The summed E-state index contributed by atoms with van der Waals surface area (Å²) in [4.78, 5) is 27.2. The van der Waals surface area contributed by atoms with E-state index in [2.05, 4.69) is 4.99 Å². The van der Waals surface area contributed by atoms with E-state index in [1.165, 1.54) is 29.5 Å². The van der Waals surface area contributed by atoms with Crippen molar-refractivity contribution < 1.29 is 9.72 Å². The fourth-order valence-corrected chi connectivity index (χ4v) is 3.47. The van der Waals surface area contributed by atoms with Crippen molar-refractivity contribution in [1.82, 2.24) is 4.57 Å². The highest BCUT2D eigenvalue weighted by molar-refractivity contribution is 7.16. The summed E-state index contributed by atoms with van der Waals surface area (Å²) in [7, 11) is 1.78. The van der Waals surface area contributed by atoms with Crippen LogP contribution in [0.25, 0.3) is 10.2 Å². The Morgan fingerprint density at radius 1 is 1.30 bits per heavy atom. The van der Waals surface area contributed by atoms with E-state index >= 15 is 0 Å². The summed E-state index contributed by atoms with van der Waals surface area (Å²) >= 11 is 7.26. The minimum absolute atomic E-state index is 0.0343. The number of amides is 1. The number of carbonyl (C=O) groups is 1. The van der Waals surface area contributed by atoms with Gasteiger partial charge in [0, 0.05) is 18.1 Å². The molecule has 6 nitrogen and oxygen atoms in total. The molecule has 23 heavy (non-hydrogen) atoms. The van der Waals surface area contributed by atoms with Gasteiger partial charge in [-0.05, 0) is 24.3 Å². The largest absolute Gasteiger partial charge is 0.319 e. The van der Waals surface area contributed by atoms with Crippen molar-refractivity contribution in [3.8, 4) is 0 Å². The Morgan fingerprint density at radius 2 is 2.04 bits per heavy atom. The maximum Gasteiger partial charge on any atom is 0.286 e. The fourth-order valence-electron chi connectivity index (χ4n) is 2.18. The first-order valence-electron chi connectivity index (χ1n) is 6.55. The van der Waals surface area contributed by atoms with Crippen LogP contribution < -0.4 is 4.80 Å². The third kappa shape index (κ3) is 2.88. The normalized spacial score (nSPS) is 11.8. The number of rotatable bonds is 2. The molecule has 1 heterocycles. The van der Waals surface area contributed by atoms with Crippen LogP contribution >= 0.6 is 22.9 Å². The van der Waals surface area contributed by atoms with E-state index < -0.39 is 10.8 Å². The zero-order valence-corrected chi connectivity index (χ0v) is 13.5. The number of hydrogen-bond acceptors (Lipinski definition) is 4. The number of carbonyl (C=O) groups excluding carboxylic acids is 1. The first-order valence-corrected chi connectivity index (χ1v) is 7.74. The van der Waals surface area contributed by atoms with Crippen molar-refractivity contribution in [3.05, 3.63) is 68.0 Å². The minimum Gasteiger partial charge on any atom is -0.319 e. The van der Waals surface area contributed by atoms with Crippen molar-refractivity contribution in [2.45, 2.75) is 0 Å². The molecule has 0 unspecified atom stereocenters. The lowest BCUT2D eigenvalue weighted by atomic mass is 10.2. The maximum absolute atomic E-state index is 12.3. The Kier molecular flexibility index (Phi) is 3.97. The summed E-state index contributed by atoms with van der Waals surface area (Å²) in [6, 6.07) is 11.1. The highest BCUT2D eigenvalue weighted by Crippen LogP contribution is 2.22. The number of hydrogen-bond donors (Lipinski definition) is 0. The van der Waals surface area contributed by atoms with Gasteiger partial charge in [0.2, 0.25) is 0 Å². The van der Waals surface area contributed by atoms with Crippen molar-refractivity contribution in [2.75, 3.05) is 0 Å². The van der Waals surface area contributed by atoms with E-state index in [0.717, 1.165) is 10.2 Å². The lowest BCUT2D eigenvalue weighted by molar-refractivity contribution is -0.385. The number of halogens is 1. The molecule has 0 saturated carbocycles. The molecular weight excluding hydrogens is 338 g/mol. The number of nitro benzene ring substituents is 1. The molecule has 0 bridgehead atoms. The third-order valence-electron chi connectivity index (χ3n) is 3.30. The van der Waals surface area contributed by atoms with Crippen molar-refractivity contribution >= 4 is 44.7 Å².